The zero-order valence-corrected chi connectivity index (χ0v) is 12.0. The summed E-state index contributed by atoms with van der Waals surface area (Å²) in [6.07, 6.45) is 2.79. The zero-order valence-electron chi connectivity index (χ0n) is 12.0. The molecule has 2 unspecified atom stereocenters. The van der Waals surface area contributed by atoms with Crippen LogP contribution < -0.4 is 5.32 Å². The van der Waals surface area contributed by atoms with E-state index in [1.807, 2.05) is 12.1 Å². The maximum atomic E-state index is 9.79. The van der Waals surface area contributed by atoms with E-state index in [4.69, 9.17) is 4.42 Å². The molecule has 1 saturated carbocycles. The van der Waals surface area contributed by atoms with E-state index in [-0.39, 0.29) is 18.1 Å². The minimum absolute atomic E-state index is 0.191. The van der Waals surface area contributed by atoms with Crippen LogP contribution in [0, 0.1) is 0 Å². The molecule has 2 N–H and O–H groups in total. The van der Waals surface area contributed by atoms with Gasteiger partial charge in [0, 0.05) is 18.5 Å². The molecule has 1 fully saturated rings. The van der Waals surface area contributed by atoms with Crippen LogP contribution in [0.4, 0.5) is 0 Å². The number of rotatable bonds is 4. The van der Waals surface area contributed by atoms with E-state index >= 15 is 0 Å². The first-order valence-electron chi connectivity index (χ1n) is 7.31. The first kappa shape index (κ1) is 13.5. The molecule has 2 aromatic heterocycles. The Bertz CT molecular complexity index is 594. The summed E-state index contributed by atoms with van der Waals surface area (Å²) in [5.41, 5.74) is 2.33. The molecular formula is C15H21N3O2. The number of aliphatic hydroxyl groups excluding tert-OH is 1. The van der Waals surface area contributed by atoms with Gasteiger partial charge in [-0.15, -0.1) is 0 Å². The molecular weight excluding hydrogens is 254 g/mol. The van der Waals surface area contributed by atoms with Crippen molar-refractivity contribution in [1.29, 1.82) is 0 Å². The van der Waals surface area contributed by atoms with Gasteiger partial charge in [-0.2, -0.15) is 4.98 Å². The molecule has 0 aliphatic heterocycles. The van der Waals surface area contributed by atoms with Gasteiger partial charge in [0.1, 0.15) is 0 Å². The van der Waals surface area contributed by atoms with Gasteiger partial charge in [-0.05, 0) is 31.4 Å². The van der Waals surface area contributed by atoms with E-state index in [9.17, 15) is 5.11 Å². The third kappa shape index (κ3) is 2.69. The largest absolute Gasteiger partial charge is 0.439 e. The van der Waals surface area contributed by atoms with Crippen molar-refractivity contribution in [3.63, 3.8) is 0 Å². The van der Waals surface area contributed by atoms with Gasteiger partial charge in [0.05, 0.1) is 11.8 Å². The van der Waals surface area contributed by atoms with Crippen molar-refractivity contribution in [1.82, 2.24) is 15.3 Å². The molecule has 1 aliphatic rings. The number of aliphatic hydroxyl groups is 1. The van der Waals surface area contributed by atoms with Crippen LogP contribution in [0.1, 0.15) is 50.6 Å². The van der Waals surface area contributed by atoms with Gasteiger partial charge >= 0.3 is 0 Å². The summed E-state index contributed by atoms with van der Waals surface area (Å²) in [6, 6.07) is 4.06. The van der Waals surface area contributed by atoms with Gasteiger partial charge in [-0.3, -0.25) is 0 Å². The van der Waals surface area contributed by atoms with Crippen LogP contribution in [0.15, 0.2) is 16.5 Å². The lowest BCUT2D eigenvalue weighted by Gasteiger charge is -2.15. The fourth-order valence-electron chi connectivity index (χ4n) is 2.63. The fraction of sp³-hybridized carbons (Fsp3) is 0.600. The van der Waals surface area contributed by atoms with Crippen LogP contribution in [0.25, 0.3) is 11.2 Å². The first-order chi connectivity index (χ1) is 9.63. The summed E-state index contributed by atoms with van der Waals surface area (Å²) in [7, 11) is 0. The summed E-state index contributed by atoms with van der Waals surface area (Å²) in [4.78, 5) is 8.93. The lowest BCUT2D eigenvalue weighted by Crippen LogP contribution is -2.35. The van der Waals surface area contributed by atoms with Gasteiger partial charge in [0.15, 0.2) is 17.1 Å². The van der Waals surface area contributed by atoms with Crippen LogP contribution in [-0.4, -0.2) is 27.2 Å². The minimum Gasteiger partial charge on any atom is -0.439 e. The lowest BCUT2D eigenvalue weighted by molar-refractivity contribution is 0.148. The second-order valence-corrected chi connectivity index (χ2v) is 5.82. The second kappa shape index (κ2) is 5.50. The predicted octanol–water partition coefficient (Wildman–Crippen LogP) is 2.35. The van der Waals surface area contributed by atoms with E-state index in [2.05, 4.69) is 29.1 Å². The molecule has 5 heteroatoms. The number of pyridine rings is 1. The van der Waals surface area contributed by atoms with Gasteiger partial charge in [0.2, 0.25) is 0 Å². The topological polar surface area (TPSA) is 71.2 Å². The summed E-state index contributed by atoms with van der Waals surface area (Å²) in [6.45, 7) is 4.75. The van der Waals surface area contributed by atoms with Crippen molar-refractivity contribution in [2.24, 2.45) is 0 Å². The molecule has 108 valence electrons. The Balaban J connectivity index is 1.72. The van der Waals surface area contributed by atoms with Gasteiger partial charge in [0.25, 0.3) is 0 Å². The van der Waals surface area contributed by atoms with E-state index in [0.717, 1.165) is 36.4 Å². The quantitative estimate of drug-likeness (QED) is 0.896. The van der Waals surface area contributed by atoms with Gasteiger partial charge in [-0.25, -0.2) is 4.98 Å². The molecule has 3 rings (SSSR count). The van der Waals surface area contributed by atoms with Gasteiger partial charge < -0.3 is 14.8 Å². The maximum absolute atomic E-state index is 9.79. The number of nitrogens with one attached hydrogen (secondary N) is 1. The van der Waals surface area contributed by atoms with Crippen LogP contribution in [-0.2, 0) is 6.54 Å². The molecule has 2 aromatic rings. The third-order valence-electron chi connectivity index (χ3n) is 3.85. The second-order valence-electron chi connectivity index (χ2n) is 5.82. The molecule has 0 radical (unpaired) electrons. The number of oxazole rings is 1. The summed E-state index contributed by atoms with van der Waals surface area (Å²) in [5, 5.41) is 13.2. The van der Waals surface area contributed by atoms with Crippen molar-refractivity contribution < 1.29 is 9.52 Å². The lowest BCUT2D eigenvalue weighted by atomic mass is 10.2. The molecule has 20 heavy (non-hydrogen) atoms. The van der Waals surface area contributed by atoms with E-state index < -0.39 is 0 Å². The molecule has 0 bridgehead atoms. The highest BCUT2D eigenvalue weighted by Crippen LogP contribution is 2.21. The highest BCUT2D eigenvalue weighted by Gasteiger charge is 2.24. The smallest absolute Gasteiger partial charge is 0.199 e. The van der Waals surface area contributed by atoms with E-state index in [0.29, 0.717) is 12.2 Å². The summed E-state index contributed by atoms with van der Waals surface area (Å²) < 4.78 is 5.65. The van der Waals surface area contributed by atoms with Crippen LogP contribution in [0.3, 0.4) is 0 Å². The average molecular weight is 275 g/mol. The number of aromatic nitrogens is 2. The molecule has 0 aromatic carbocycles. The first-order valence-corrected chi connectivity index (χ1v) is 7.31. The van der Waals surface area contributed by atoms with Crippen LogP contribution in [0.5, 0.6) is 0 Å². The zero-order chi connectivity index (χ0) is 14.1. The Morgan fingerprint density at radius 1 is 1.35 bits per heavy atom. The van der Waals surface area contributed by atoms with E-state index in [1.165, 1.54) is 0 Å². The number of fused-ring (bicyclic) bond motifs is 1. The monoisotopic (exact) mass is 275 g/mol. The Morgan fingerprint density at radius 2 is 2.20 bits per heavy atom. The van der Waals surface area contributed by atoms with Crippen molar-refractivity contribution in [2.75, 3.05) is 0 Å². The Labute approximate surface area is 118 Å². The summed E-state index contributed by atoms with van der Waals surface area (Å²) >= 11 is 0. The van der Waals surface area contributed by atoms with Crippen LogP contribution in [0.2, 0.25) is 0 Å². The van der Waals surface area contributed by atoms with Crippen molar-refractivity contribution in [2.45, 2.75) is 57.7 Å². The molecule has 2 atom stereocenters. The van der Waals surface area contributed by atoms with E-state index in [1.54, 1.807) is 0 Å². The van der Waals surface area contributed by atoms with Crippen molar-refractivity contribution in [3.8, 4) is 0 Å². The molecule has 5 nitrogen and oxygen atoms in total. The standard InChI is InChI=1S/C15H21N3O2/c1-9(2)15-18-14-13(20-15)7-6-10(17-14)8-16-11-4-3-5-12(11)19/h6-7,9,11-12,16,19H,3-5,8H2,1-2H3. The predicted molar refractivity (Wildman–Crippen MR) is 76.4 cm³/mol. The Kier molecular flexibility index (Phi) is 3.72. The molecule has 0 spiro atoms. The highest BCUT2D eigenvalue weighted by molar-refractivity contribution is 5.67. The molecule has 2 heterocycles. The number of nitrogens with zero attached hydrogens (tertiary/aromatic N) is 2. The Hall–Kier alpha value is -1.46. The SMILES string of the molecule is CC(C)c1nc2nc(CNC3CCCC3O)ccc2o1. The highest BCUT2D eigenvalue weighted by atomic mass is 16.3. The van der Waals surface area contributed by atoms with Crippen molar-refractivity contribution >= 4 is 11.2 Å². The number of hydrogen-bond acceptors (Lipinski definition) is 5. The van der Waals surface area contributed by atoms with Crippen molar-refractivity contribution in [3.05, 3.63) is 23.7 Å². The van der Waals surface area contributed by atoms with Crippen LogP contribution >= 0.6 is 0 Å². The summed E-state index contributed by atoms with van der Waals surface area (Å²) in [5.74, 6) is 0.989. The maximum Gasteiger partial charge on any atom is 0.199 e. The molecule has 0 saturated heterocycles. The number of hydrogen-bond donors (Lipinski definition) is 2. The molecule has 0 amide bonds. The minimum atomic E-state index is -0.224. The third-order valence-corrected chi connectivity index (χ3v) is 3.85. The normalized spacial score (nSPS) is 23.0. The Morgan fingerprint density at radius 3 is 2.90 bits per heavy atom. The average Bonchev–Trinajstić information content (AvgIpc) is 3.01. The van der Waals surface area contributed by atoms with Gasteiger partial charge in [-0.1, -0.05) is 13.8 Å². The fourth-order valence-corrected chi connectivity index (χ4v) is 2.63. The molecule has 1 aliphatic carbocycles.